The van der Waals surface area contributed by atoms with Gasteiger partial charge in [0.2, 0.25) is 12.7 Å². The Balaban J connectivity index is 1.24. The topological polar surface area (TPSA) is 73.6 Å². The maximum Gasteiger partial charge on any atom is 0.231 e. The molecule has 0 saturated carbocycles. The predicted octanol–water partition coefficient (Wildman–Crippen LogP) is 4.91. The van der Waals surface area contributed by atoms with Crippen LogP contribution in [0.25, 0.3) is 11.3 Å². The highest BCUT2D eigenvalue weighted by Crippen LogP contribution is 2.36. The zero-order valence-corrected chi connectivity index (χ0v) is 17.4. The highest BCUT2D eigenvalue weighted by molar-refractivity contribution is 5.77. The number of carbonyl (C=O) groups is 1. The summed E-state index contributed by atoms with van der Waals surface area (Å²) in [5, 5.41) is 7.06. The number of hydrogen-bond donors (Lipinski definition) is 1. The van der Waals surface area contributed by atoms with Crippen molar-refractivity contribution in [2.45, 2.75) is 18.9 Å². The largest absolute Gasteiger partial charge is 0.454 e. The van der Waals surface area contributed by atoms with Crippen LogP contribution in [0.2, 0.25) is 0 Å². The SMILES string of the molecule is O=C(CC(c1ccccc1)c1ccccc1)NCc1cc(-c2ccc3c(c2)OCO3)on1. The zero-order valence-electron chi connectivity index (χ0n) is 17.4. The first-order chi connectivity index (χ1) is 15.8. The van der Waals surface area contributed by atoms with Crippen molar-refractivity contribution in [3.05, 3.63) is 102 Å². The van der Waals surface area contributed by atoms with Crippen LogP contribution in [0.1, 0.15) is 29.2 Å². The molecule has 4 aromatic rings. The first-order valence-corrected chi connectivity index (χ1v) is 10.5. The van der Waals surface area contributed by atoms with Gasteiger partial charge in [0.15, 0.2) is 17.3 Å². The van der Waals surface area contributed by atoms with Gasteiger partial charge < -0.3 is 19.3 Å². The average Bonchev–Trinajstić information content (AvgIpc) is 3.51. The van der Waals surface area contributed by atoms with E-state index in [1.54, 1.807) is 0 Å². The first kappa shape index (κ1) is 19.9. The Hall–Kier alpha value is -4.06. The van der Waals surface area contributed by atoms with Crippen molar-refractivity contribution in [1.29, 1.82) is 0 Å². The minimum Gasteiger partial charge on any atom is -0.454 e. The minimum atomic E-state index is -0.0460. The molecular formula is C26H22N2O4. The number of ether oxygens (including phenoxy) is 2. The van der Waals surface area contributed by atoms with Gasteiger partial charge in [-0.25, -0.2) is 0 Å². The van der Waals surface area contributed by atoms with Gasteiger partial charge in [0, 0.05) is 24.0 Å². The predicted molar refractivity (Wildman–Crippen MR) is 119 cm³/mol. The lowest BCUT2D eigenvalue weighted by molar-refractivity contribution is -0.121. The molecule has 1 amide bonds. The number of hydrogen-bond acceptors (Lipinski definition) is 5. The highest BCUT2D eigenvalue weighted by Gasteiger charge is 2.19. The van der Waals surface area contributed by atoms with Crippen LogP contribution < -0.4 is 14.8 Å². The lowest BCUT2D eigenvalue weighted by Crippen LogP contribution is -2.25. The molecule has 0 spiro atoms. The van der Waals surface area contributed by atoms with Crippen molar-refractivity contribution in [3.63, 3.8) is 0 Å². The Morgan fingerprint density at radius 2 is 1.56 bits per heavy atom. The number of amides is 1. The van der Waals surface area contributed by atoms with Gasteiger partial charge in [-0.1, -0.05) is 65.8 Å². The quantitative estimate of drug-likeness (QED) is 0.455. The van der Waals surface area contributed by atoms with Crippen LogP contribution in [0.3, 0.4) is 0 Å². The third-order valence-corrected chi connectivity index (χ3v) is 5.48. The Labute approximate surface area is 185 Å². The molecule has 6 nitrogen and oxygen atoms in total. The molecule has 1 aromatic heterocycles. The Kier molecular flexibility index (Phi) is 5.58. The number of nitrogens with one attached hydrogen (secondary N) is 1. The van der Waals surface area contributed by atoms with E-state index in [-0.39, 0.29) is 18.6 Å². The fourth-order valence-corrected chi connectivity index (χ4v) is 3.83. The lowest BCUT2D eigenvalue weighted by Gasteiger charge is -2.17. The zero-order chi connectivity index (χ0) is 21.8. The summed E-state index contributed by atoms with van der Waals surface area (Å²) in [6.07, 6.45) is 0.348. The van der Waals surface area contributed by atoms with Gasteiger partial charge in [0.1, 0.15) is 5.69 Å². The fraction of sp³-hybridized carbons (Fsp3) is 0.154. The van der Waals surface area contributed by atoms with E-state index in [9.17, 15) is 4.79 Å². The van der Waals surface area contributed by atoms with Crippen LogP contribution in [0.5, 0.6) is 11.5 Å². The summed E-state index contributed by atoms with van der Waals surface area (Å²) in [6.45, 7) is 0.516. The van der Waals surface area contributed by atoms with Crippen molar-refractivity contribution in [3.8, 4) is 22.8 Å². The Bertz CT molecular complexity index is 1170. The fourth-order valence-electron chi connectivity index (χ4n) is 3.83. The molecule has 0 fully saturated rings. The molecule has 0 aliphatic carbocycles. The standard InChI is InChI=1S/C26H22N2O4/c29-26(15-22(18-7-3-1-4-8-18)19-9-5-2-6-10-19)27-16-21-14-24(32-28-21)20-11-12-23-25(13-20)31-17-30-23/h1-14,22H,15-17H2,(H,27,29). The molecule has 1 N–H and O–H groups in total. The molecule has 3 aromatic carbocycles. The van der Waals surface area contributed by atoms with E-state index in [1.807, 2.05) is 60.7 Å². The molecule has 0 saturated heterocycles. The van der Waals surface area contributed by atoms with Gasteiger partial charge in [-0.2, -0.15) is 0 Å². The number of nitrogens with zero attached hydrogens (tertiary/aromatic N) is 1. The molecule has 1 aliphatic heterocycles. The van der Waals surface area contributed by atoms with Crippen LogP contribution in [-0.2, 0) is 11.3 Å². The monoisotopic (exact) mass is 426 g/mol. The van der Waals surface area contributed by atoms with Crippen LogP contribution in [-0.4, -0.2) is 17.9 Å². The number of benzene rings is 3. The third-order valence-electron chi connectivity index (χ3n) is 5.48. The van der Waals surface area contributed by atoms with Crippen molar-refractivity contribution < 1.29 is 18.8 Å². The summed E-state index contributed by atoms with van der Waals surface area (Å²) in [7, 11) is 0. The molecule has 0 bridgehead atoms. The molecule has 0 radical (unpaired) electrons. The van der Waals surface area contributed by atoms with Gasteiger partial charge in [-0.15, -0.1) is 0 Å². The van der Waals surface area contributed by atoms with E-state index in [4.69, 9.17) is 14.0 Å². The molecule has 160 valence electrons. The van der Waals surface area contributed by atoms with E-state index in [0.29, 0.717) is 35.9 Å². The molecule has 0 unspecified atom stereocenters. The molecule has 6 heteroatoms. The van der Waals surface area contributed by atoms with Crippen molar-refractivity contribution in [1.82, 2.24) is 10.5 Å². The Morgan fingerprint density at radius 3 is 2.28 bits per heavy atom. The normalized spacial score (nSPS) is 12.2. The summed E-state index contributed by atoms with van der Waals surface area (Å²) >= 11 is 0. The smallest absolute Gasteiger partial charge is 0.231 e. The van der Waals surface area contributed by atoms with E-state index >= 15 is 0 Å². The maximum absolute atomic E-state index is 12.8. The van der Waals surface area contributed by atoms with Crippen LogP contribution in [0.15, 0.2) is 89.5 Å². The second kappa shape index (κ2) is 8.98. The summed E-state index contributed by atoms with van der Waals surface area (Å²) in [6, 6.07) is 27.6. The van der Waals surface area contributed by atoms with E-state index in [1.165, 1.54) is 0 Å². The Morgan fingerprint density at radius 1 is 0.875 bits per heavy atom. The molecular weight excluding hydrogens is 404 g/mol. The third kappa shape index (κ3) is 4.34. The molecule has 1 aliphatic rings. The molecule has 0 atom stereocenters. The van der Waals surface area contributed by atoms with Gasteiger partial charge in [0.25, 0.3) is 0 Å². The second-order valence-electron chi connectivity index (χ2n) is 7.61. The second-order valence-corrected chi connectivity index (χ2v) is 7.61. The van der Waals surface area contributed by atoms with E-state index < -0.39 is 0 Å². The van der Waals surface area contributed by atoms with Crippen LogP contribution in [0, 0.1) is 0 Å². The summed E-state index contributed by atoms with van der Waals surface area (Å²) in [4.78, 5) is 12.8. The maximum atomic E-state index is 12.8. The van der Waals surface area contributed by atoms with Crippen molar-refractivity contribution in [2.24, 2.45) is 0 Å². The average molecular weight is 426 g/mol. The van der Waals surface area contributed by atoms with Crippen molar-refractivity contribution >= 4 is 5.91 Å². The summed E-state index contributed by atoms with van der Waals surface area (Å²) in [5.41, 5.74) is 3.72. The number of fused-ring (bicyclic) bond motifs is 1. The van der Waals surface area contributed by atoms with Crippen molar-refractivity contribution in [2.75, 3.05) is 6.79 Å². The van der Waals surface area contributed by atoms with Gasteiger partial charge in [0.05, 0.1) is 6.54 Å². The van der Waals surface area contributed by atoms with Crippen LogP contribution >= 0.6 is 0 Å². The molecule has 2 heterocycles. The lowest BCUT2D eigenvalue weighted by atomic mass is 9.88. The number of rotatable bonds is 7. The number of aromatic nitrogens is 1. The summed E-state index contributed by atoms with van der Waals surface area (Å²) < 4.78 is 16.2. The van der Waals surface area contributed by atoms with E-state index in [2.05, 4.69) is 34.7 Å². The highest BCUT2D eigenvalue weighted by atomic mass is 16.7. The molecule has 32 heavy (non-hydrogen) atoms. The van der Waals surface area contributed by atoms with Gasteiger partial charge in [-0.3, -0.25) is 4.79 Å². The number of carbonyl (C=O) groups excluding carboxylic acids is 1. The van der Waals surface area contributed by atoms with Gasteiger partial charge in [-0.05, 0) is 29.3 Å². The minimum absolute atomic E-state index is 0.0149. The first-order valence-electron chi connectivity index (χ1n) is 10.5. The van der Waals surface area contributed by atoms with Crippen LogP contribution in [0.4, 0.5) is 0 Å². The van der Waals surface area contributed by atoms with Gasteiger partial charge >= 0.3 is 0 Å². The molecule has 5 rings (SSSR count). The summed E-state index contributed by atoms with van der Waals surface area (Å²) in [5.74, 6) is 1.95. The van der Waals surface area contributed by atoms with E-state index in [0.717, 1.165) is 16.7 Å².